The average molecular weight is 336 g/mol. The van der Waals surface area contributed by atoms with Gasteiger partial charge in [-0.1, -0.05) is 6.07 Å². The molecule has 0 aliphatic carbocycles. The SMILES string of the molecule is Cc1[nH]ncc1C(=O)N1CCC[C@@H]1c1cccc(-n2ccnc2C)n1. The molecule has 0 aromatic carbocycles. The standard InChI is InChI=1S/C18H20N6O/c1-12-14(11-20-22-12)18(25)24-9-4-6-16(24)15-5-3-7-17(21-15)23-10-8-19-13(23)2/h3,5,7-8,10-11,16H,4,6,9H2,1-2H3,(H,20,22)/t16-/m1/s1. The third-order valence-corrected chi connectivity index (χ3v) is 4.74. The van der Waals surface area contributed by atoms with Crippen LogP contribution in [-0.2, 0) is 0 Å². The van der Waals surface area contributed by atoms with Gasteiger partial charge in [0, 0.05) is 24.6 Å². The molecular formula is C18H20N6O. The molecule has 1 amide bonds. The van der Waals surface area contributed by atoms with E-state index in [0.29, 0.717) is 5.56 Å². The minimum Gasteiger partial charge on any atom is -0.330 e. The molecule has 1 atom stereocenters. The number of hydrogen-bond acceptors (Lipinski definition) is 4. The Morgan fingerprint density at radius 1 is 1.32 bits per heavy atom. The summed E-state index contributed by atoms with van der Waals surface area (Å²) >= 11 is 0. The molecule has 0 bridgehead atoms. The zero-order valence-electron chi connectivity index (χ0n) is 14.3. The summed E-state index contributed by atoms with van der Waals surface area (Å²) in [6, 6.07) is 5.93. The van der Waals surface area contributed by atoms with Gasteiger partial charge in [-0.05, 0) is 38.8 Å². The minimum absolute atomic E-state index is 0.00872. The van der Waals surface area contributed by atoms with Gasteiger partial charge in [-0.25, -0.2) is 9.97 Å². The molecule has 4 heterocycles. The number of nitrogens with zero attached hydrogens (tertiary/aromatic N) is 5. The van der Waals surface area contributed by atoms with Crippen LogP contribution in [0.2, 0.25) is 0 Å². The fraction of sp³-hybridized carbons (Fsp3) is 0.333. The summed E-state index contributed by atoms with van der Waals surface area (Å²) in [6.45, 7) is 4.55. The highest BCUT2D eigenvalue weighted by Gasteiger charge is 2.32. The van der Waals surface area contributed by atoms with Crippen LogP contribution < -0.4 is 0 Å². The Hall–Kier alpha value is -2.96. The topological polar surface area (TPSA) is 79.7 Å². The molecule has 4 rings (SSSR count). The largest absolute Gasteiger partial charge is 0.330 e. The van der Waals surface area contributed by atoms with E-state index in [9.17, 15) is 4.79 Å². The lowest BCUT2D eigenvalue weighted by atomic mass is 10.1. The van der Waals surface area contributed by atoms with Gasteiger partial charge >= 0.3 is 0 Å². The number of likely N-dealkylation sites (tertiary alicyclic amines) is 1. The molecule has 0 saturated carbocycles. The maximum atomic E-state index is 12.9. The quantitative estimate of drug-likeness (QED) is 0.797. The van der Waals surface area contributed by atoms with Gasteiger partial charge in [-0.15, -0.1) is 0 Å². The summed E-state index contributed by atoms with van der Waals surface area (Å²) < 4.78 is 1.95. The van der Waals surface area contributed by atoms with E-state index in [1.54, 1.807) is 12.4 Å². The summed E-state index contributed by atoms with van der Waals surface area (Å²) in [4.78, 5) is 23.9. The predicted molar refractivity (Wildman–Crippen MR) is 92.4 cm³/mol. The second-order valence-electron chi connectivity index (χ2n) is 6.33. The van der Waals surface area contributed by atoms with Crippen molar-refractivity contribution in [2.45, 2.75) is 32.7 Å². The van der Waals surface area contributed by atoms with Gasteiger partial charge in [0.2, 0.25) is 0 Å². The molecule has 128 valence electrons. The molecule has 1 fully saturated rings. The summed E-state index contributed by atoms with van der Waals surface area (Å²) in [7, 11) is 0. The summed E-state index contributed by atoms with van der Waals surface area (Å²) in [5, 5.41) is 6.81. The molecule has 3 aromatic rings. The summed E-state index contributed by atoms with van der Waals surface area (Å²) in [5.41, 5.74) is 2.34. The van der Waals surface area contributed by atoms with Crippen LogP contribution in [0.1, 0.15) is 46.5 Å². The minimum atomic E-state index is -0.00872. The maximum Gasteiger partial charge on any atom is 0.257 e. The van der Waals surface area contributed by atoms with Gasteiger partial charge in [0.1, 0.15) is 11.6 Å². The zero-order chi connectivity index (χ0) is 17.4. The number of rotatable bonds is 3. The molecule has 0 unspecified atom stereocenters. The number of aromatic nitrogens is 5. The fourth-order valence-electron chi connectivity index (χ4n) is 3.42. The Labute approximate surface area is 145 Å². The van der Waals surface area contributed by atoms with Crippen molar-refractivity contribution in [3.63, 3.8) is 0 Å². The first-order valence-electron chi connectivity index (χ1n) is 8.43. The molecule has 25 heavy (non-hydrogen) atoms. The van der Waals surface area contributed by atoms with E-state index >= 15 is 0 Å². The van der Waals surface area contributed by atoms with Gasteiger partial charge in [-0.2, -0.15) is 5.10 Å². The fourth-order valence-corrected chi connectivity index (χ4v) is 3.42. The van der Waals surface area contributed by atoms with E-state index in [1.807, 2.05) is 47.7 Å². The monoisotopic (exact) mass is 336 g/mol. The smallest absolute Gasteiger partial charge is 0.257 e. The van der Waals surface area contributed by atoms with Gasteiger partial charge in [0.05, 0.1) is 23.5 Å². The van der Waals surface area contributed by atoms with E-state index in [2.05, 4.69) is 15.2 Å². The van der Waals surface area contributed by atoms with Crippen molar-refractivity contribution in [2.24, 2.45) is 0 Å². The lowest BCUT2D eigenvalue weighted by Gasteiger charge is -2.24. The number of amides is 1. The van der Waals surface area contributed by atoms with Crippen molar-refractivity contribution in [1.82, 2.24) is 29.6 Å². The molecule has 7 nitrogen and oxygen atoms in total. The Kier molecular flexibility index (Phi) is 3.83. The van der Waals surface area contributed by atoms with Gasteiger partial charge in [-0.3, -0.25) is 14.5 Å². The van der Waals surface area contributed by atoms with Crippen LogP contribution in [0.15, 0.2) is 36.8 Å². The van der Waals surface area contributed by atoms with Crippen LogP contribution in [0.3, 0.4) is 0 Å². The highest BCUT2D eigenvalue weighted by atomic mass is 16.2. The van der Waals surface area contributed by atoms with Crippen molar-refractivity contribution < 1.29 is 4.79 Å². The molecule has 7 heteroatoms. The zero-order valence-corrected chi connectivity index (χ0v) is 14.3. The van der Waals surface area contributed by atoms with Crippen LogP contribution in [-0.4, -0.2) is 42.1 Å². The number of hydrogen-bond donors (Lipinski definition) is 1. The maximum absolute atomic E-state index is 12.9. The van der Waals surface area contributed by atoms with Crippen molar-refractivity contribution in [1.29, 1.82) is 0 Å². The number of H-pyrrole nitrogens is 1. The summed E-state index contributed by atoms with van der Waals surface area (Å²) in [6.07, 6.45) is 7.15. The van der Waals surface area contributed by atoms with E-state index in [-0.39, 0.29) is 11.9 Å². The Morgan fingerprint density at radius 3 is 2.92 bits per heavy atom. The van der Waals surface area contributed by atoms with Crippen LogP contribution in [0.4, 0.5) is 0 Å². The second kappa shape index (κ2) is 6.16. The molecule has 1 N–H and O–H groups in total. The van der Waals surface area contributed by atoms with Gasteiger partial charge in [0.25, 0.3) is 5.91 Å². The molecule has 3 aromatic heterocycles. The first-order chi connectivity index (χ1) is 12.1. The number of aryl methyl sites for hydroxylation is 2. The van der Waals surface area contributed by atoms with Crippen LogP contribution in [0.5, 0.6) is 0 Å². The lowest BCUT2D eigenvalue weighted by Crippen LogP contribution is -2.31. The third-order valence-electron chi connectivity index (χ3n) is 4.74. The number of nitrogens with one attached hydrogen (secondary N) is 1. The molecular weight excluding hydrogens is 316 g/mol. The number of carbonyl (C=O) groups excluding carboxylic acids is 1. The average Bonchev–Trinajstić information content (AvgIpc) is 3.35. The van der Waals surface area contributed by atoms with E-state index in [0.717, 1.165) is 42.4 Å². The molecule has 1 saturated heterocycles. The van der Waals surface area contributed by atoms with E-state index in [1.165, 1.54) is 0 Å². The normalized spacial score (nSPS) is 17.2. The Morgan fingerprint density at radius 2 is 2.20 bits per heavy atom. The van der Waals surface area contributed by atoms with Crippen LogP contribution in [0, 0.1) is 13.8 Å². The van der Waals surface area contributed by atoms with Gasteiger partial charge < -0.3 is 4.90 Å². The number of aromatic amines is 1. The number of pyridine rings is 1. The Bertz CT molecular complexity index is 912. The Balaban J connectivity index is 1.66. The number of imidazole rings is 1. The van der Waals surface area contributed by atoms with Gasteiger partial charge in [0.15, 0.2) is 0 Å². The highest BCUT2D eigenvalue weighted by molar-refractivity contribution is 5.95. The lowest BCUT2D eigenvalue weighted by molar-refractivity contribution is 0.0732. The molecule has 0 radical (unpaired) electrons. The van der Waals surface area contributed by atoms with Crippen LogP contribution in [0.25, 0.3) is 5.82 Å². The first kappa shape index (κ1) is 15.6. The van der Waals surface area contributed by atoms with Crippen molar-refractivity contribution in [3.8, 4) is 5.82 Å². The first-order valence-corrected chi connectivity index (χ1v) is 8.43. The predicted octanol–water partition coefficient (Wildman–Crippen LogP) is 2.58. The van der Waals surface area contributed by atoms with E-state index in [4.69, 9.17) is 4.98 Å². The molecule has 1 aliphatic heterocycles. The van der Waals surface area contributed by atoms with Crippen molar-refractivity contribution in [3.05, 3.63) is 59.6 Å². The number of carbonyl (C=O) groups is 1. The highest BCUT2D eigenvalue weighted by Crippen LogP contribution is 2.32. The third kappa shape index (κ3) is 2.71. The molecule has 1 aliphatic rings. The van der Waals surface area contributed by atoms with Crippen molar-refractivity contribution >= 4 is 5.91 Å². The van der Waals surface area contributed by atoms with E-state index < -0.39 is 0 Å². The second-order valence-corrected chi connectivity index (χ2v) is 6.33. The van der Waals surface area contributed by atoms with Crippen LogP contribution >= 0.6 is 0 Å². The summed E-state index contributed by atoms with van der Waals surface area (Å²) in [5.74, 6) is 1.73. The van der Waals surface area contributed by atoms with Crippen molar-refractivity contribution in [2.75, 3.05) is 6.54 Å². The molecule has 0 spiro atoms.